The molecule has 0 aliphatic carbocycles. The molecule has 0 spiro atoms. The molecule has 2 aromatic rings. The third-order valence-electron chi connectivity index (χ3n) is 4.37. The molecule has 29 heavy (non-hydrogen) atoms. The van der Waals surface area contributed by atoms with Crippen LogP contribution in [0.3, 0.4) is 0 Å². The Kier molecular flexibility index (Phi) is 8.11. The summed E-state index contributed by atoms with van der Waals surface area (Å²) in [5.41, 5.74) is -0.779. The molecule has 0 bridgehead atoms. The van der Waals surface area contributed by atoms with Gasteiger partial charge < -0.3 is 15.4 Å². The molecule has 1 aliphatic rings. The van der Waals surface area contributed by atoms with E-state index in [9.17, 15) is 13.2 Å². The van der Waals surface area contributed by atoms with Gasteiger partial charge in [-0.1, -0.05) is 12.1 Å². The lowest BCUT2D eigenvalue weighted by Crippen LogP contribution is -2.47. The second-order valence-electron chi connectivity index (χ2n) is 6.48. The van der Waals surface area contributed by atoms with Crippen molar-refractivity contribution in [1.82, 2.24) is 25.4 Å². The highest BCUT2D eigenvalue weighted by molar-refractivity contribution is 14.0. The van der Waals surface area contributed by atoms with Gasteiger partial charge in [0, 0.05) is 19.5 Å². The van der Waals surface area contributed by atoms with Gasteiger partial charge in [-0.05, 0) is 25.5 Å². The van der Waals surface area contributed by atoms with Crippen LogP contribution in [0.1, 0.15) is 23.6 Å². The van der Waals surface area contributed by atoms with E-state index < -0.39 is 11.7 Å². The van der Waals surface area contributed by atoms with Crippen molar-refractivity contribution in [3.63, 3.8) is 0 Å². The monoisotopic (exact) mass is 524 g/mol. The van der Waals surface area contributed by atoms with E-state index in [-0.39, 0.29) is 42.4 Å². The Bertz CT molecular complexity index is 839. The maximum Gasteiger partial charge on any atom is 0.419 e. The van der Waals surface area contributed by atoms with Crippen molar-refractivity contribution < 1.29 is 17.9 Å². The zero-order valence-electron chi connectivity index (χ0n) is 16.2. The Morgan fingerprint density at radius 1 is 1.34 bits per heavy atom. The van der Waals surface area contributed by atoms with E-state index in [4.69, 9.17) is 4.74 Å². The Balaban J connectivity index is 0.00000300. The average molecular weight is 524 g/mol. The molecule has 1 aromatic heterocycles. The Hall–Kier alpha value is -2.05. The van der Waals surface area contributed by atoms with Crippen molar-refractivity contribution in [2.45, 2.75) is 38.5 Å². The smallest absolute Gasteiger partial charge is 0.419 e. The number of aryl methyl sites for hydroxylation is 2. The van der Waals surface area contributed by atoms with Gasteiger partial charge in [0.1, 0.15) is 24.0 Å². The molecule has 0 fully saturated rings. The molecule has 0 saturated heterocycles. The minimum absolute atomic E-state index is 0. The van der Waals surface area contributed by atoms with Crippen LogP contribution in [0.2, 0.25) is 0 Å². The van der Waals surface area contributed by atoms with Gasteiger partial charge >= 0.3 is 6.18 Å². The summed E-state index contributed by atoms with van der Waals surface area (Å²) >= 11 is 0. The van der Waals surface area contributed by atoms with E-state index in [0.717, 1.165) is 30.6 Å². The Labute approximate surface area is 184 Å². The number of rotatable bonds is 5. The Morgan fingerprint density at radius 3 is 2.83 bits per heavy atom. The topological polar surface area (TPSA) is 76.4 Å². The number of ether oxygens (including phenoxy) is 1. The number of nitrogens with zero attached hydrogens (tertiary/aromatic N) is 4. The van der Waals surface area contributed by atoms with Crippen LogP contribution in [0.4, 0.5) is 13.2 Å². The first kappa shape index (κ1) is 23.2. The van der Waals surface area contributed by atoms with E-state index >= 15 is 0 Å². The lowest BCUT2D eigenvalue weighted by molar-refractivity contribution is -0.138. The molecule has 0 radical (unpaired) electrons. The number of para-hydroxylation sites is 1. The van der Waals surface area contributed by atoms with Gasteiger partial charge in [-0.2, -0.15) is 18.3 Å². The number of alkyl halides is 3. The van der Waals surface area contributed by atoms with Crippen molar-refractivity contribution in [3.8, 4) is 5.75 Å². The first-order valence-electron chi connectivity index (χ1n) is 9.03. The van der Waals surface area contributed by atoms with Gasteiger partial charge in [0.2, 0.25) is 0 Å². The number of nitrogens with one attached hydrogen (secondary N) is 2. The number of aliphatic imine (C=N–C) groups is 1. The van der Waals surface area contributed by atoms with Crippen molar-refractivity contribution in [2.75, 3.05) is 20.2 Å². The van der Waals surface area contributed by atoms with E-state index in [1.807, 2.05) is 11.6 Å². The number of guanidine groups is 1. The molecule has 2 heterocycles. The third-order valence-corrected chi connectivity index (χ3v) is 4.37. The first-order valence-corrected chi connectivity index (χ1v) is 9.03. The molecule has 1 atom stereocenters. The summed E-state index contributed by atoms with van der Waals surface area (Å²) < 4.78 is 46.1. The quantitative estimate of drug-likeness (QED) is 0.273. The van der Waals surface area contributed by atoms with Crippen LogP contribution in [-0.2, 0) is 19.1 Å². The summed E-state index contributed by atoms with van der Waals surface area (Å²) in [5.74, 6) is 2.13. The standard InChI is InChI=1S/C18H23F3N6O.HI/c1-12-24-16-8-7-13(11-27(16)26-12)25-17(22-2)23-9-10-28-15-6-4-3-5-14(15)18(19,20)21;/h3-6,13H,7-11H2,1-2H3,(H2,22,23,25);1H. The molecule has 160 valence electrons. The maximum absolute atomic E-state index is 13.0. The molecule has 11 heteroatoms. The molecule has 1 aromatic carbocycles. The van der Waals surface area contributed by atoms with E-state index in [0.29, 0.717) is 19.0 Å². The SMILES string of the molecule is CN=C(NCCOc1ccccc1C(F)(F)F)NC1CCc2nc(C)nn2C1.I. The minimum Gasteiger partial charge on any atom is -0.491 e. The van der Waals surface area contributed by atoms with Crippen LogP contribution in [0, 0.1) is 6.92 Å². The van der Waals surface area contributed by atoms with Crippen molar-refractivity contribution in [3.05, 3.63) is 41.5 Å². The predicted octanol–water partition coefficient (Wildman–Crippen LogP) is 2.78. The highest BCUT2D eigenvalue weighted by Gasteiger charge is 2.33. The molecular weight excluding hydrogens is 500 g/mol. The second-order valence-corrected chi connectivity index (χ2v) is 6.48. The van der Waals surface area contributed by atoms with Crippen LogP contribution in [0.25, 0.3) is 0 Å². The maximum atomic E-state index is 13.0. The Morgan fingerprint density at radius 2 is 2.10 bits per heavy atom. The highest BCUT2D eigenvalue weighted by Crippen LogP contribution is 2.35. The molecular formula is C18H24F3IN6O. The van der Waals surface area contributed by atoms with Crippen molar-refractivity contribution in [1.29, 1.82) is 0 Å². The third kappa shape index (κ3) is 6.21. The summed E-state index contributed by atoms with van der Waals surface area (Å²) in [7, 11) is 1.64. The molecule has 0 saturated carbocycles. The fourth-order valence-electron chi connectivity index (χ4n) is 3.10. The molecule has 0 amide bonds. The largest absolute Gasteiger partial charge is 0.491 e. The number of benzene rings is 1. The number of hydrogen-bond acceptors (Lipinski definition) is 4. The van der Waals surface area contributed by atoms with E-state index in [1.165, 1.54) is 18.2 Å². The summed E-state index contributed by atoms with van der Waals surface area (Å²) in [6, 6.07) is 5.32. The lowest BCUT2D eigenvalue weighted by Gasteiger charge is -2.25. The van der Waals surface area contributed by atoms with Crippen LogP contribution >= 0.6 is 24.0 Å². The fourth-order valence-corrected chi connectivity index (χ4v) is 3.10. The van der Waals surface area contributed by atoms with Gasteiger partial charge in [-0.3, -0.25) is 4.99 Å². The van der Waals surface area contributed by atoms with Gasteiger partial charge in [-0.25, -0.2) is 9.67 Å². The number of fused-ring (bicyclic) bond motifs is 1. The van der Waals surface area contributed by atoms with Gasteiger partial charge in [-0.15, -0.1) is 24.0 Å². The highest BCUT2D eigenvalue weighted by atomic mass is 127. The number of halogens is 4. The second kappa shape index (κ2) is 10.1. The normalized spacial score (nSPS) is 16.6. The zero-order chi connectivity index (χ0) is 20.1. The molecule has 3 rings (SSSR count). The average Bonchev–Trinajstić information content (AvgIpc) is 3.03. The zero-order valence-corrected chi connectivity index (χ0v) is 18.5. The lowest BCUT2D eigenvalue weighted by atomic mass is 10.1. The fraction of sp³-hybridized carbons (Fsp3) is 0.500. The summed E-state index contributed by atoms with van der Waals surface area (Å²) in [4.78, 5) is 8.54. The first-order chi connectivity index (χ1) is 13.4. The van der Waals surface area contributed by atoms with Crippen LogP contribution in [-0.4, -0.2) is 47.0 Å². The summed E-state index contributed by atoms with van der Waals surface area (Å²) in [6.07, 6.45) is -2.72. The van der Waals surface area contributed by atoms with E-state index in [1.54, 1.807) is 7.05 Å². The minimum atomic E-state index is -4.44. The van der Waals surface area contributed by atoms with Gasteiger partial charge in [0.05, 0.1) is 18.7 Å². The van der Waals surface area contributed by atoms with Gasteiger partial charge in [0.25, 0.3) is 0 Å². The van der Waals surface area contributed by atoms with Crippen LogP contribution in [0.15, 0.2) is 29.3 Å². The predicted molar refractivity (Wildman–Crippen MR) is 114 cm³/mol. The van der Waals surface area contributed by atoms with Crippen molar-refractivity contribution in [2.24, 2.45) is 4.99 Å². The molecule has 1 aliphatic heterocycles. The van der Waals surface area contributed by atoms with Crippen LogP contribution in [0.5, 0.6) is 5.75 Å². The van der Waals surface area contributed by atoms with Crippen molar-refractivity contribution >= 4 is 29.9 Å². The summed E-state index contributed by atoms with van der Waals surface area (Å²) in [6.45, 7) is 2.94. The molecule has 7 nitrogen and oxygen atoms in total. The van der Waals surface area contributed by atoms with E-state index in [2.05, 4.69) is 25.7 Å². The number of aromatic nitrogens is 3. The van der Waals surface area contributed by atoms with Gasteiger partial charge in [0.15, 0.2) is 5.96 Å². The summed E-state index contributed by atoms with van der Waals surface area (Å²) in [5, 5.41) is 10.7. The molecule has 1 unspecified atom stereocenters. The van der Waals surface area contributed by atoms with Crippen LogP contribution < -0.4 is 15.4 Å². The molecule has 2 N–H and O–H groups in total. The number of hydrogen-bond donors (Lipinski definition) is 2.